The molecule has 1 fully saturated rings. The van der Waals surface area contributed by atoms with Crippen LogP contribution in [0.2, 0.25) is 0 Å². The smallest absolute Gasteiger partial charge is 0.307 e. The molecule has 1 saturated carbocycles. The highest BCUT2D eigenvalue weighted by molar-refractivity contribution is 5.98. The Bertz CT molecular complexity index is 581. The summed E-state index contributed by atoms with van der Waals surface area (Å²) in [6.07, 6.45) is 4.11. The van der Waals surface area contributed by atoms with Gasteiger partial charge in [-0.05, 0) is 44.2 Å². The van der Waals surface area contributed by atoms with Gasteiger partial charge in [0, 0.05) is 12.2 Å². The molecule has 112 valence electrons. The second kappa shape index (κ2) is 5.51. The summed E-state index contributed by atoms with van der Waals surface area (Å²) < 4.78 is 0. The van der Waals surface area contributed by atoms with Gasteiger partial charge in [0.05, 0.1) is 11.8 Å². The highest BCUT2D eigenvalue weighted by atomic mass is 16.4. The molecule has 0 bridgehead atoms. The normalized spacial score (nSPS) is 24.7. The molecule has 1 aliphatic heterocycles. The number of rotatable bonds is 2. The van der Waals surface area contributed by atoms with E-state index in [-0.39, 0.29) is 11.8 Å². The van der Waals surface area contributed by atoms with Gasteiger partial charge in [-0.25, -0.2) is 0 Å². The van der Waals surface area contributed by atoms with Crippen molar-refractivity contribution < 1.29 is 14.7 Å². The number of amides is 1. The van der Waals surface area contributed by atoms with Crippen LogP contribution in [0, 0.1) is 18.8 Å². The molecule has 0 aromatic heterocycles. The van der Waals surface area contributed by atoms with Crippen molar-refractivity contribution in [3.63, 3.8) is 0 Å². The van der Waals surface area contributed by atoms with Crippen LogP contribution in [0.3, 0.4) is 0 Å². The van der Waals surface area contributed by atoms with Crippen LogP contribution in [-0.4, -0.2) is 23.5 Å². The maximum atomic E-state index is 12.8. The minimum atomic E-state index is -0.827. The van der Waals surface area contributed by atoms with E-state index in [1.165, 1.54) is 11.1 Å². The number of aliphatic carboxylic acids is 1. The lowest BCUT2D eigenvalue weighted by atomic mass is 9.92. The molecule has 1 amide bonds. The van der Waals surface area contributed by atoms with Crippen molar-refractivity contribution in [3.05, 3.63) is 29.3 Å². The van der Waals surface area contributed by atoms with Gasteiger partial charge in [0.2, 0.25) is 5.91 Å². The third kappa shape index (κ3) is 2.55. The van der Waals surface area contributed by atoms with E-state index in [9.17, 15) is 14.7 Å². The first-order valence-electron chi connectivity index (χ1n) is 7.71. The standard InChI is InChI=1S/C17H21NO3/c1-11-7-8-15-12(10-11)4-3-9-18(15)16(19)13-5-2-6-14(13)17(20)21/h7-8,10,13-14H,2-6,9H2,1H3,(H,20,21). The van der Waals surface area contributed by atoms with Crippen LogP contribution in [0.5, 0.6) is 0 Å². The van der Waals surface area contributed by atoms with Crippen molar-refractivity contribution in [1.82, 2.24) is 0 Å². The Morgan fingerprint density at radius 3 is 2.71 bits per heavy atom. The molecule has 0 saturated heterocycles. The molecule has 1 aliphatic carbocycles. The average Bonchev–Trinajstić information content (AvgIpc) is 2.95. The highest BCUT2D eigenvalue weighted by Gasteiger charge is 2.40. The Labute approximate surface area is 124 Å². The Balaban J connectivity index is 1.88. The van der Waals surface area contributed by atoms with Gasteiger partial charge in [-0.1, -0.05) is 24.1 Å². The molecule has 1 aromatic rings. The topological polar surface area (TPSA) is 57.6 Å². The number of fused-ring (bicyclic) bond motifs is 1. The Morgan fingerprint density at radius 2 is 1.95 bits per heavy atom. The van der Waals surface area contributed by atoms with Crippen LogP contribution >= 0.6 is 0 Å². The van der Waals surface area contributed by atoms with Gasteiger partial charge in [0.25, 0.3) is 0 Å². The van der Waals surface area contributed by atoms with E-state index < -0.39 is 11.9 Å². The molecule has 1 heterocycles. The van der Waals surface area contributed by atoms with E-state index in [0.717, 1.165) is 24.9 Å². The van der Waals surface area contributed by atoms with Crippen molar-refractivity contribution in [2.45, 2.75) is 39.0 Å². The van der Waals surface area contributed by atoms with E-state index in [1.54, 1.807) is 0 Å². The summed E-state index contributed by atoms with van der Waals surface area (Å²) in [7, 11) is 0. The minimum Gasteiger partial charge on any atom is -0.481 e. The maximum absolute atomic E-state index is 12.8. The van der Waals surface area contributed by atoms with Crippen LogP contribution in [0.1, 0.15) is 36.8 Å². The third-order valence-corrected chi connectivity index (χ3v) is 4.77. The molecule has 1 aromatic carbocycles. The first kappa shape index (κ1) is 14.1. The average molecular weight is 287 g/mol. The van der Waals surface area contributed by atoms with E-state index in [2.05, 4.69) is 13.0 Å². The first-order chi connectivity index (χ1) is 10.1. The van der Waals surface area contributed by atoms with Crippen LogP contribution in [0.4, 0.5) is 5.69 Å². The molecule has 3 rings (SSSR count). The van der Waals surface area contributed by atoms with Gasteiger partial charge < -0.3 is 10.0 Å². The Kier molecular flexibility index (Phi) is 3.70. The van der Waals surface area contributed by atoms with Crippen molar-refractivity contribution >= 4 is 17.6 Å². The number of hydrogen-bond donors (Lipinski definition) is 1. The van der Waals surface area contributed by atoms with Crippen molar-refractivity contribution in [2.75, 3.05) is 11.4 Å². The van der Waals surface area contributed by atoms with E-state index in [1.807, 2.05) is 17.0 Å². The number of carboxylic acids is 1. The number of anilines is 1. The van der Waals surface area contributed by atoms with Crippen molar-refractivity contribution in [3.8, 4) is 0 Å². The summed E-state index contributed by atoms with van der Waals surface area (Å²) in [5.74, 6) is -1.68. The molecule has 0 radical (unpaired) electrons. The largest absolute Gasteiger partial charge is 0.481 e. The first-order valence-corrected chi connectivity index (χ1v) is 7.71. The minimum absolute atomic E-state index is 0.00435. The number of hydrogen-bond acceptors (Lipinski definition) is 2. The quantitative estimate of drug-likeness (QED) is 0.910. The van der Waals surface area contributed by atoms with Gasteiger partial charge in [0.15, 0.2) is 0 Å². The summed E-state index contributed by atoms with van der Waals surface area (Å²) in [6.45, 7) is 2.76. The number of carbonyl (C=O) groups is 2. The molecule has 21 heavy (non-hydrogen) atoms. The molecule has 0 spiro atoms. The summed E-state index contributed by atoms with van der Waals surface area (Å²) in [6, 6.07) is 6.16. The predicted molar refractivity (Wildman–Crippen MR) is 80.3 cm³/mol. The number of carboxylic acid groups (broad SMARTS) is 1. The SMILES string of the molecule is Cc1ccc2c(c1)CCCN2C(=O)C1CCCC1C(=O)O. The molecule has 1 N–H and O–H groups in total. The van der Waals surface area contributed by atoms with Crippen molar-refractivity contribution in [1.29, 1.82) is 0 Å². The molecular weight excluding hydrogens is 266 g/mol. The maximum Gasteiger partial charge on any atom is 0.307 e. The number of carbonyl (C=O) groups excluding carboxylic acids is 1. The fourth-order valence-corrected chi connectivity index (χ4v) is 3.71. The lowest BCUT2D eigenvalue weighted by Gasteiger charge is -2.32. The molecule has 2 aliphatic rings. The molecule has 2 atom stereocenters. The monoisotopic (exact) mass is 287 g/mol. The number of benzene rings is 1. The fourth-order valence-electron chi connectivity index (χ4n) is 3.71. The second-order valence-electron chi connectivity index (χ2n) is 6.21. The van der Waals surface area contributed by atoms with Crippen LogP contribution in [0.15, 0.2) is 18.2 Å². The zero-order chi connectivity index (χ0) is 15.0. The van der Waals surface area contributed by atoms with E-state index in [4.69, 9.17) is 0 Å². The Hall–Kier alpha value is -1.84. The van der Waals surface area contributed by atoms with Gasteiger partial charge in [-0.15, -0.1) is 0 Å². The second-order valence-corrected chi connectivity index (χ2v) is 6.21. The third-order valence-electron chi connectivity index (χ3n) is 4.77. The molecule has 4 nitrogen and oxygen atoms in total. The lowest BCUT2D eigenvalue weighted by Crippen LogP contribution is -2.42. The van der Waals surface area contributed by atoms with Crippen LogP contribution in [-0.2, 0) is 16.0 Å². The van der Waals surface area contributed by atoms with Crippen LogP contribution in [0.25, 0.3) is 0 Å². The Morgan fingerprint density at radius 1 is 1.19 bits per heavy atom. The lowest BCUT2D eigenvalue weighted by molar-refractivity contribution is -0.145. The molecular formula is C17H21NO3. The van der Waals surface area contributed by atoms with Gasteiger partial charge in [-0.3, -0.25) is 9.59 Å². The van der Waals surface area contributed by atoms with Gasteiger partial charge in [-0.2, -0.15) is 0 Å². The summed E-state index contributed by atoms with van der Waals surface area (Å²) in [4.78, 5) is 26.0. The molecule has 2 unspecified atom stereocenters. The zero-order valence-electron chi connectivity index (χ0n) is 12.3. The highest BCUT2D eigenvalue weighted by Crippen LogP contribution is 2.36. The number of aryl methyl sites for hydroxylation is 2. The fraction of sp³-hybridized carbons (Fsp3) is 0.529. The summed E-state index contributed by atoms with van der Waals surface area (Å²) in [5.41, 5.74) is 3.39. The predicted octanol–water partition coefficient (Wildman–Crippen LogP) is 2.78. The van der Waals surface area contributed by atoms with Crippen molar-refractivity contribution in [2.24, 2.45) is 11.8 Å². The summed E-state index contributed by atoms with van der Waals surface area (Å²) >= 11 is 0. The van der Waals surface area contributed by atoms with Gasteiger partial charge >= 0.3 is 5.97 Å². The number of nitrogens with zero attached hydrogens (tertiary/aromatic N) is 1. The molecule has 4 heteroatoms. The summed E-state index contributed by atoms with van der Waals surface area (Å²) in [5, 5.41) is 9.29. The van der Waals surface area contributed by atoms with E-state index in [0.29, 0.717) is 19.4 Å². The zero-order valence-corrected chi connectivity index (χ0v) is 12.3. The van der Waals surface area contributed by atoms with E-state index >= 15 is 0 Å². The van der Waals surface area contributed by atoms with Gasteiger partial charge in [0.1, 0.15) is 0 Å². The van der Waals surface area contributed by atoms with Crippen LogP contribution < -0.4 is 4.90 Å².